The quantitative estimate of drug-likeness (QED) is 0.0598. The minimum Gasteiger partial charge on any atom is -0.488 e. The normalized spacial score (nSPS) is 12.3. The number of aldehydes is 1. The third kappa shape index (κ3) is 10.5. The molecule has 328 valence electrons. The Labute approximate surface area is 387 Å². The number of hydrogen-bond donors (Lipinski definition) is 0. The number of carbonyl (C=O) groups is 1. The van der Waals surface area contributed by atoms with Crippen molar-refractivity contribution in [2.75, 3.05) is 31.2 Å². The van der Waals surface area contributed by atoms with E-state index in [9.17, 15) is 4.79 Å². The van der Waals surface area contributed by atoms with Gasteiger partial charge in [-0.05, 0) is 72.8 Å². The molecule has 7 aromatic rings. The maximum atomic E-state index is 11.5. The maximum absolute atomic E-state index is 11.5. The van der Waals surface area contributed by atoms with Gasteiger partial charge < -0.3 is 18.5 Å². The lowest BCUT2D eigenvalue weighted by Crippen LogP contribution is -2.67. The molecule has 8 heteroatoms. The van der Waals surface area contributed by atoms with Crippen LogP contribution in [0.1, 0.15) is 67.2 Å². The average Bonchev–Trinajstić information content (AvgIpc) is 3.79. The Balaban J connectivity index is 1.27. The van der Waals surface area contributed by atoms with Crippen molar-refractivity contribution in [1.82, 2.24) is 0 Å². The Bertz CT molecular complexity index is 2370. The molecule has 5 nitrogen and oxygen atoms in total. The fraction of sp³-hybridized carbons (Fsp3) is 0.232. The van der Waals surface area contributed by atoms with Crippen molar-refractivity contribution in [3.05, 3.63) is 203 Å². The number of nitrogens with zero attached hydrogens (tertiary/aromatic N) is 1. The first-order chi connectivity index (χ1) is 30.9. The van der Waals surface area contributed by atoms with E-state index in [-0.39, 0.29) is 10.1 Å². The van der Waals surface area contributed by atoms with Gasteiger partial charge in [0.2, 0.25) is 0 Å². The first-order valence-corrected chi connectivity index (χ1v) is 26.9. The van der Waals surface area contributed by atoms with Gasteiger partial charge >= 0.3 is 0 Å². The minimum absolute atomic E-state index is 0.158. The van der Waals surface area contributed by atoms with Crippen LogP contribution in [0.3, 0.4) is 0 Å². The van der Waals surface area contributed by atoms with Crippen molar-refractivity contribution in [2.24, 2.45) is 0 Å². The van der Waals surface area contributed by atoms with Crippen LogP contribution in [0.2, 0.25) is 10.1 Å². The summed E-state index contributed by atoms with van der Waals surface area (Å²) < 4.78 is 21.7. The minimum atomic E-state index is -2.81. The first kappa shape index (κ1) is 46.4. The lowest BCUT2D eigenvalue weighted by molar-refractivity contribution is 0.112. The molecule has 1 aromatic heterocycles. The third-order valence-electron chi connectivity index (χ3n) is 12.0. The lowest BCUT2D eigenvalue weighted by Gasteiger charge is -2.44. The second kappa shape index (κ2) is 20.9. The Morgan fingerprint density at radius 3 is 1.34 bits per heavy atom. The molecular formula is C56H61NO4SSi2. The highest BCUT2D eigenvalue weighted by molar-refractivity contribution is 7.14. The van der Waals surface area contributed by atoms with Gasteiger partial charge in [-0.15, -0.1) is 11.3 Å². The van der Waals surface area contributed by atoms with Crippen molar-refractivity contribution >= 4 is 72.8 Å². The Kier molecular flexibility index (Phi) is 15.2. The zero-order valence-electron chi connectivity index (χ0n) is 38.1. The summed E-state index contributed by atoms with van der Waals surface area (Å²) in [6.07, 6.45) is 5.02. The number of anilines is 1. The summed E-state index contributed by atoms with van der Waals surface area (Å²) in [5.41, 5.74) is 3.07. The van der Waals surface area contributed by atoms with Crippen LogP contribution in [0, 0.1) is 0 Å². The van der Waals surface area contributed by atoms with Gasteiger partial charge in [0, 0.05) is 35.3 Å². The molecular weight excluding hydrogens is 839 g/mol. The predicted molar refractivity (Wildman–Crippen MR) is 275 cm³/mol. The van der Waals surface area contributed by atoms with Gasteiger partial charge in [-0.25, -0.2) is 0 Å². The summed E-state index contributed by atoms with van der Waals surface area (Å²) in [6.45, 7) is 16.7. The van der Waals surface area contributed by atoms with Crippen LogP contribution in [0.4, 0.5) is 5.69 Å². The predicted octanol–water partition coefficient (Wildman–Crippen LogP) is 11.3. The number of benzene rings is 6. The van der Waals surface area contributed by atoms with E-state index < -0.39 is 16.6 Å². The fourth-order valence-corrected chi connectivity index (χ4v) is 18.8. The van der Waals surface area contributed by atoms with E-state index in [1.807, 2.05) is 30.3 Å². The highest BCUT2D eigenvalue weighted by atomic mass is 32.1. The number of ether oxygens (including phenoxy) is 1. The summed E-state index contributed by atoms with van der Waals surface area (Å²) in [4.78, 5) is 15.6. The van der Waals surface area contributed by atoms with E-state index in [1.54, 1.807) is 0 Å². The van der Waals surface area contributed by atoms with Gasteiger partial charge in [0.25, 0.3) is 16.6 Å². The number of hydrogen-bond acceptors (Lipinski definition) is 6. The molecule has 0 aliphatic heterocycles. The Morgan fingerprint density at radius 2 is 0.938 bits per heavy atom. The average molecular weight is 900 g/mol. The summed E-state index contributed by atoms with van der Waals surface area (Å²) in [5, 5.41) is 4.72. The molecule has 0 unspecified atom stereocenters. The molecule has 1 heterocycles. The molecule has 0 aliphatic carbocycles. The molecule has 0 fully saturated rings. The van der Waals surface area contributed by atoms with Crippen molar-refractivity contribution in [1.29, 1.82) is 0 Å². The Morgan fingerprint density at radius 1 is 0.516 bits per heavy atom. The van der Waals surface area contributed by atoms with Crippen LogP contribution in [0.5, 0.6) is 5.75 Å². The van der Waals surface area contributed by atoms with Crippen LogP contribution in [0.25, 0.3) is 12.2 Å². The van der Waals surface area contributed by atoms with Crippen molar-refractivity contribution in [3.8, 4) is 5.75 Å². The van der Waals surface area contributed by atoms with Crippen LogP contribution in [0.15, 0.2) is 182 Å². The Hall–Kier alpha value is -5.62. The molecule has 6 aromatic carbocycles. The molecule has 0 spiro atoms. The van der Waals surface area contributed by atoms with E-state index in [0.29, 0.717) is 37.8 Å². The van der Waals surface area contributed by atoms with E-state index in [4.69, 9.17) is 13.6 Å². The van der Waals surface area contributed by atoms with Gasteiger partial charge in [0.15, 0.2) is 6.29 Å². The summed E-state index contributed by atoms with van der Waals surface area (Å²) in [5.74, 6) is 0.774. The molecule has 0 amide bonds. The van der Waals surface area contributed by atoms with Gasteiger partial charge in [0.05, 0.1) is 18.1 Å². The molecule has 0 atom stereocenters. The van der Waals surface area contributed by atoms with E-state index in [2.05, 4.69) is 210 Å². The second-order valence-corrected chi connectivity index (χ2v) is 28.0. The number of rotatable bonds is 19. The van der Waals surface area contributed by atoms with Gasteiger partial charge in [0.1, 0.15) is 12.4 Å². The third-order valence-corrected chi connectivity index (χ3v) is 23.0. The monoisotopic (exact) mass is 899 g/mol. The summed E-state index contributed by atoms with van der Waals surface area (Å²) in [7, 11) is -5.62. The number of thiophene rings is 1. The van der Waals surface area contributed by atoms with Gasteiger partial charge in [-0.3, -0.25) is 4.79 Å². The SMILES string of the molecule is CC(C)(C)[Si](OCCN(CCO[Si](c1ccccc1)(c1ccccc1)C(C)(C)C)c1ccc(/C=C/c2ccc(C=O)s2)c(OCc2ccccc2)c1)(c1ccccc1)c1ccccc1. The van der Waals surface area contributed by atoms with Crippen molar-refractivity contribution in [2.45, 2.75) is 58.2 Å². The molecule has 7 rings (SSSR count). The van der Waals surface area contributed by atoms with Crippen molar-refractivity contribution in [3.63, 3.8) is 0 Å². The van der Waals surface area contributed by atoms with Crippen LogP contribution >= 0.6 is 11.3 Å². The first-order valence-electron chi connectivity index (χ1n) is 22.2. The molecule has 0 aliphatic rings. The summed E-state index contributed by atoms with van der Waals surface area (Å²) in [6, 6.07) is 64.0. The largest absolute Gasteiger partial charge is 0.488 e. The van der Waals surface area contributed by atoms with Gasteiger partial charge in [-0.1, -0.05) is 193 Å². The summed E-state index contributed by atoms with van der Waals surface area (Å²) >= 11 is 1.47. The fourth-order valence-electron chi connectivity index (χ4n) is 8.92. The van der Waals surface area contributed by atoms with Crippen molar-refractivity contribution < 1.29 is 18.4 Å². The number of carbonyl (C=O) groups excluding carboxylic acids is 1. The molecule has 64 heavy (non-hydrogen) atoms. The van der Waals surface area contributed by atoms with E-state index in [1.165, 1.54) is 32.1 Å². The molecule has 0 bridgehead atoms. The second-order valence-electron chi connectivity index (χ2n) is 18.2. The molecule has 0 N–H and O–H groups in total. The smallest absolute Gasteiger partial charge is 0.261 e. The molecule has 0 radical (unpaired) electrons. The zero-order chi connectivity index (χ0) is 45.0. The zero-order valence-corrected chi connectivity index (χ0v) is 40.9. The highest BCUT2D eigenvalue weighted by Gasteiger charge is 2.51. The van der Waals surface area contributed by atoms with Crippen LogP contribution in [-0.4, -0.2) is 49.2 Å². The lowest BCUT2D eigenvalue weighted by atomic mass is 10.1. The standard InChI is InChI=1S/C56H61NO4SSi2/c1-55(2,3)63(50-24-14-8-15-25-50,51-26-16-9-17-27-51)60-40-38-57(39-41-61-64(56(4,5)6,52-28-18-10-19-29-52)53-30-20-11-21-31-53)47-34-32-46(33-35-48-36-37-49(43-58)62-48)54(42-47)59-44-45-22-12-7-13-23-45/h7-37,42-43H,38-41,44H2,1-6H3/b35-33+. The van der Waals surface area contributed by atoms with E-state index in [0.717, 1.165) is 33.7 Å². The van der Waals surface area contributed by atoms with E-state index >= 15 is 0 Å². The van der Waals surface area contributed by atoms with Crippen LogP contribution < -0.4 is 30.4 Å². The van der Waals surface area contributed by atoms with Gasteiger partial charge in [-0.2, -0.15) is 0 Å². The highest BCUT2D eigenvalue weighted by Crippen LogP contribution is 2.38. The molecule has 0 saturated heterocycles. The van der Waals surface area contributed by atoms with Crippen LogP contribution in [-0.2, 0) is 15.5 Å². The topological polar surface area (TPSA) is 48.0 Å². The molecule has 0 saturated carbocycles. The maximum Gasteiger partial charge on any atom is 0.261 e.